The van der Waals surface area contributed by atoms with E-state index in [0.717, 1.165) is 0 Å². The molecule has 0 bridgehead atoms. The Morgan fingerprint density at radius 2 is 2.11 bits per heavy atom. The largest absolute Gasteiger partial charge is 0.504 e. The van der Waals surface area contributed by atoms with Crippen molar-refractivity contribution in [3.63, 3.8) is 0 Å². The molecule has 0 saturated carbocycles. The number of nitrogens with two attached hydrogens (primary N) is 1. The Labute approximate surface area is 111 Å². The van der Waals surface area contributed by atoms with E-state index < -0.39 is 12.2 Å². The van der Waals surface area contributed by atoms with Crippen LogP contribution >= 0.6 is 0 Å². The molecule has 6 heteroatoms. The van der Waals surface area contributed by atoms with Crippen molar-refractivity contribution in [1.29, 1.82) is 0 Å². The average Bonchev–Trinajstić information content (AvgIpc) is 2.40. The van der Waals surface area contributed by atoms with Gasteiger partial charge in [-0.2, -0.15) is 0 Å². The van der Waals surface area contributed by atoms with Crippen molar-refractivity contribution in [3.05, 3.63) is 23.3 Å². The summed E-state index contributed by atoms with van der Waals surface area (Å²) >= 11 is 0. The van der Waals surface area contributed by atoms with E-state index in [1.54, 1.807) is 6.92 Å². The summed E-state index contributed by atoms with van der Waals surface area (Å²) < 4.78 is 5.18. The average molecular weight is 269 g/mol. The van der Waals surface area contributed by atoms with Gasteiger partial charge in [0.2, 0.25) is 0 Å². The zero-order chi connectivity index (χ0) is 14.4. The highest BCUT2D eigenvalue weighted by molar-refractivity contribution is 5.77. The molecule has 1 aromatic rings. The van der Waals surface area contributed by atoms with Gasteiger partial charge in [0.15, 0.2) is 11.5 Å². The van der Waals surface area contributed by atoms with Gasteiger partial charge in [-0.15, -0.1) is 0 Å². The molecule has 0 heterocycles. The van der Waals surface area contributed by atoms with Crippen molar-refractivity contribution in [1.82, 2.24) is 0 Å². The highest BCUT2D eigenvalue weighted by Crippen LogP contribution is 2.36. The number of ether oxygens (including phenoxy) is 1. The van der Waals surface area contributed by atoms with E-state index in [9.17, 15) is 20.1 Å². The van der Waals surface area contributed by atoms with Crippen LogP contribution in [0, 0.1) is 0 Å². The number of aliphatic hydroxyl groups is 2. The van der Waals surface area contributed by atoms with Crippen LogP contribution in [-0.2, 0) is 0 Å². The number of benzene rings is 1. The Hall–Kier alpha value is -1.63. The smallest absolute Gasteiger partial charge is 0.163 e. The second-order valence-electron chi connectivity index (χ2n) is 4.10. The fraction of sp³-hybridized carbons (Fsp3) is 0.462. The summed E-state index contributed by atoms with van der Waals surface area (Å²) in [6.07, 6.45) is -1.70. The molecule has 0 spiro atoms. The number of aliphatic hydroxyl groups excluding tert-OH is 2. The van der Waals surface area contributed by atoms with Gasteiger partial charge in [-0.05, 0) is 32.0 Å². The number of rotatable bonds is 7. The normalized spacial score (nSPS) is 13.9. The van der Waals surface area contributed by atoms with Crippen molar-refractivity contribution in [2.75, 3.05) is 13.2 Å². The predicted octanol–water partition coefficient (Wildman–Crippen LogP) is 0.347. The molecule has 0 aromatic heterocycles. The first kappa shape index (κ1) is 15.4. The Morgan fingerprint density at radius 1 is 1.42 bits per heavy atom. The fourth-order valence-corrected chi connectivity index (χ4v) is 1.75. The molecular weight excluding hydrogens is 250 g/mol. The molecule has 5 N–H and O–H groups in total. The van der Waals surface area contributed by atoms with Crippen molar-refractivity contribution in [2.24, 2.45) is 5.73 Å². The van der Waals surface area contributed by atoms with Crippen molar-refractivity contribution < 1.29 is 24.9 Å². The Bertz CT molecular complexity index is 435. The maximum atomic E-state index is 10.8. The minimum atomic E-state index is -1.33. The molecule has 2 unspecified atom stereocenters. The molecule has 19 heavy (non-hydrogen) atoms. The lowest BCUT2D eigenvalue weighted by Gasteiger charge is -2.20. The molecule has 0 aliphatic rings. The van der Waals surface area contributed by atoms with E-state index in [1.165, 1.54) is 12.1 Å². The van der Waals surface area contributed by atoms with Crippen molar-refractivity contribution in [3.8, 4) is 11.5 Å². The summed E-state index contributed by atoms with van der Waals surface area (Å²) in [5.74, 6) is -0.183. The van der Waals surface area contributed by atoms with Crippen LogP contribution < -0.4 is 10.5 Å². The summed E-state index contributed by atoms with van der Waals surface area (Å²) in [5.41, 5.74) is 5.60. The minimum absolute atomic E-state index is 0.0500. The number of aldehydes is 1. The number of phenolic OH excluding ortho intramolecular Hbond substituents is 1. The van der Waals surface area contributed by atoms with E-state index in [2.05, 4.69) is 0 Å². The van der Waals surface area contributed by atoms with Gasteiger partial charge in [0.1, 0.15) is 12.4 Å². The zero-order valence-electron chi connectivity index (χ0n) is 10.7. The van der Waals surface area contributed by atoms with Gasteiger partial charge in [-0.3, -0.25) is 4.79 Å². The molecule has 2 atom stereocenters. The van der Waals surface area contributed by atoms with Gasteiger partial charge < -0.3 is 25.8 Å². The van der Waals surface area contributed by atoms with E-state index in [4.69, 9.17) is 10.5 Å². The van der Waals surface area contributed by atoms with Crippen LogP contribution in [0.15, 0.2) is 12.1 Å². The van der Waals surface area contributed by atoms with Crippen LogP contribution in [0.25, 0.3) is 0 Å². The number of hydrogen-bond acceptors (Lipinski definition) is 6. The SMILES string of the molecule is CCOc1cc(C=O)cc(C(O)C(O)CCN)c1O. The highest BCUT2D eigenvalue weighted by atomic mass is 16.5. The van der Waals surface area contributed by atoms with Crippen molar-refractivity contribution in [2.45, 2.75) is 25.6 Å². The third kappa shape index (κ3) is 3.66. The summed E-state index contributed by atoms with van der Waals surface area (Å²) in [5, 5.41) is 29.7. The lowest BCUT2D eigenvalue weighted by Crippen LogP contribution is -2.22. The predicted molar refractivity (Wildman–Crippen MR) is 69.3 cm³/mol. The third-order valence-electron chi connectivity index (χ3n) is 2.71. The summed E-state index contributed by atoms with van der Waals surface area (Å²) in [4.78, 5) is 10.8. The third-order valence-corrected chi connectivity index (χ3v) is 2.71. The van der Waals surface area contributed by atoms with Gasteiger partial charge in [0.05, 0.1) is 12.7 Å². The lowest BCUT2D eigenvalue weighted by atomic mass is 9.98. The van der Waals surface area contributed by atoms with Crippen LogP contribution in [0.3, 0.4) is 0 Å². The van der Waals surface area contributed by atoms with Crippen LogP contribution in [0.4, 0.5) is 0 Å². The maximum Gasteiger partial charge on any atom is 0.163 e. The van der Waals surface area contributed by atoms with E-state index in [-0.39, 0.29) is 35.6 Å². The molecule has 0 radical (unpaired) electrons. The van der Waals surface area contributed by atoms with Gasteiger partial charge >= 0.3 is 0 Å². The molecule has 6 nitrogen and oxygen atoms in total. The summed E-state index contributed by atoms with van der Waals surface area (Å²) in [6, 6.07) is 2.69. The van der Waals surface area contributed by atoms with Gasteiger partial charge in [0, 0.05) is 11.1 Å². The summed E-state index contributed by atoms with van der Waals surface area (Å²) in [6.45, 7) is 2.23. The molecule has 0 aliphatic carbocycles. The standard InChI is InChI=1S/C13H19NO5/c1-2-19-11-6-8(7-15)5-9(13(11)18)12(17)10(16)3-4-14/h5-7,10,12,16-18H,2-4,14H2,1H3. The summed E-state index contributed by atoms with van der Waals surface area (Å²) in [7, 11) is 0. The second-order valence-corrected chi connectivity index (χ2v) is 4.10. The highest BCUT2D eigenvalue weighted by Gasteiger charge is 2.23. The monoisotopic (exact) mass is 269 g/mol. The molecule has 0 saturated heterocycles. The molecule has 1 aromatic carbocycles. The molecule has 0 fully saturated rings. The first-order valence-corrected chi connectivity index (χ1v) is 6.06. The molecule has 1 rings (SSSR count). The Morgan fingerprint density at radius 3 is 2.63 bits per heavy atom. The molecule has 0 aliphatic heterocycles. The number of hydrogen-bond donors (Lipinski definition) is 4. The first-order chi connectivity index (χ1) is 9.04. The number of phenols is 1. The van der Waals surface area contributed by atoms with Gasteiger partial charge in [-0.1, -0.05) is 0 Å². The zero-order valence-corrected chi connectivity index (χ0v) is 10.7. The molecule has 0 amide bonds. The number of aromatic hydroxyl groups is 1. The number of carbonyl (C=O) groups is 1. The van der Waals surface area contributed by atoms with Crippen LogP contribution in [0.1, 0.15) is 35.4 Å². The lowest BCUT2D eigenvalue weighted by molar-refractivity contribution is 0.0135. The quantitative estimate of drug-likeness (QED) is 0.531. The van der Waals surface area contributed by atoms with E-state index in [1.807, 2.05) is 0 Å². The van der Waals surface area contributed by atoms with Crippen molar-refractivity contribution >= 4 is 6.29 Å². The Balaban J connectivity index is 3.17. The van der Waals surface area contributed by atoms with E-state index >= 15 is 0 Å². The van der Waals surface area contributed by atoms with Crippen LogP contribution in [0.5, 0.6) is 11.5 Å². The maximum absolute atomic E-state index is 10.8. The fourth-order valence-electron chi connectivity index (χ4n) is 1.75. The second kappa shape index (κ2) is 7.08. The number of carbonyl (C=O) groups excluding carboxylic acids is 1. The van der Waals surface area contributed by atoms with Gasteiger partial charge in [-0.25, -0.2) is 0 Å². The topological polar surface area (TPSA) is 113 Å². The minimum Gasteiger partial charge on any atom is -0.504 e. The Kier molecular flexibility index (Phi) is 5.75. The molecular formula is C13H19NO5. The van der Waals surface area contributed by atoms with E-state index in [0.29, 0.717) is 12.9 Å². The van der Waals surface area contributed by atoms with Crippen LogP contribution in [0.2, 0.25) is 0 Å². The van der Waals surface area contributed by atoms with Gasteiger partial charge in [0.25, 0.3) is 0 Å². The van der Waals surface area contributed by atoms with Crippen LogP contribution in [-0.4, -0.2) is 40.9 Å². The molecule has 106 valence electrons. The first-order valence-electron chi connectivity index (χ1n) is 6.06.